The van der Waals surface area contributed by atoms with Crippen LogP contribution in [0, 0.1) is 10.1 Å². The molecule has 0 amide bonds. The van der Waals surface area contributed by atoms with Crippen LogP contribution in [0.3, 0.4) is 0 Å². The Labute approximate surface area is 155 Å². The van der Waals surface area contributed by atoms with Gasteiger partial charge in [-0.1, -0.05) is 17.3 Å². The van der Waals surface area contributed by atoms with Crippen molar-refractivity contribution in [1.82, 2.24) is 10.1 Å². The Hall–Kier alpha value is -3.04. The van der Waals surface area contributed by atoms with E-state index < -0.39 is 4.92 Å². The van der Waals surface area contributed by atoms with Gasteiger partial charge in [0.25, 0.3) is 11.6 Å². The second kappa shape index (κ2) is 7.06. The van der Waals surface area contributed by atoms with Crippen LogP contribution in [0.15, 0.2) is 57.7 Å². The smallest absolute Gasteiger partial charge is 0.270 e. The number of thiophene rings is 2. The van der Waals surface area contributed by atoms with Gasteiger partial charge in [-0.15, -0.1) is 22.7 Å². The van der Waals surface area contributed by atoms with Gasteiger partial charge in [0.15, 0.2) is 6.61 Å². The van der Waals surface area contributed by atoms with Crippen molar-refractivity contribution in [2.45, 2.75) is 6.61 Å². The summed E-state index contributed by atoms with van der Waals surface area (Å²) in [4.78, 5) is 16.7. The SMILES string of the molecule is O=[N+]([O-])c1ccc(OCc2nc(-c3cccs3)no2)c(-c2cccs2)c1. The zero-order valence-corrected chi connectivity index (χ0v) is 14.8. The number of aromatic nitrogens is 2. The van der Waals surface area contributed by atoms with Gasteiger partial charge in [-0.3, -0.25) is 10.1 Å². The molecule has 1 aromatic carbocycles. The zero-order valence-electron chi connectivity index (χ0n) is 13.2. The largest absolute Gasteiger partial charge is 0.483 e. The van der Waals surface area contributed by atoms with Gasteiger partial charge in [-0.2, -0.15) is 4.98 Å². The zero-order chi connectivity index (χ0) is 17.9. The molecule has 0 aliphatic rings. The second-order valence-electron chi connectivity index (χ2n) is 5.19. The molecular weight excluding hydrogens is 374 g/mol. The van der Waals surface area contributed by atoms with Crippen LogP contribution in [0.25, 0.3) is 21.1 Å². The van der Waals surface area contributed by atoms with Gasteiger partial charge in [-0.05, 0) is 29.0 Å². The molecule has 0 bridgehead atoms. The summed E-state index contributed by atoms with van der Waals surface area (Å²) in [5.41, 5.74) is 0.672. The molecule has 4 aromatic rings. The summed E-state index contributed by atoms with van der Waals surface area (Å²) in [5.74, 6) is 1.37. The molecule has 0 N–H and O–H groups in total. The Morgan fingerprint density at radius 2 is 1.88 bits per heavy atom. The van der Waals surface area contributed by atoms with Gasteiger partial charge in [0.2, 0.25) is 5.82 Å². The number of hydrogen-bond acceptors (Lipinski definition) is 8. The van der Waals surface area contributed by atoms with E-state index in [0.29, 0.717) is 23.0 Å². The predicted octanol–water partition coefficient (Wildman–Crippen LogP) is 5.01. The second-order valence-corrected chi connectivity index (χ2v) is 7.09. The quantitative estimate of drug-likeness (QED) is 0.342. The lowest BCUT2D eigenvalue weighted by Gasteiger charge is -2.08. The van der Waals surface area contributed by atoms with E-state index in [1.807, 2.05) is 35.0 Å². The summed E-state index contributed by atoms with van der Waals surface area (Å²) >= 11 is 3.00. The Kier molecular flexibility index (Phi) is 4.46. The van der Waals surface area contributed by atoms with E-state index >= 15 is 0 Å². The van der Waals surface area contributed by atoms with Crippen LogP contribution in [0.5, 0.6) is 5.75 Å². The first kappa shape index (κ1) is 16.4. The molecule has 7 nitrogen and oxygen atoms in total. The lowest BCUT2D eigenvalue weighted by atomic mass is 10.1. The average molecular weight is 385 g/mol. The maximum atomic E-state index is 11.1. The van der Waals surface area contributed by atoms with E-state index in [9.17, 15) is 10.1 Å². The molecule has 26 heavy (non-hydrogen) atoms. The third-order valence-electron chi connectivity index (χ3n) is 3.52. The Morgan fingerprint density at radius 3 is 2.58 bits per heavy atom. The van der Waals surface area contributed by atoms with Crippen LogP contribution >= 0.6 is 22.7 Å². The summed E-state index contributed by atoms with van der Waals surface area (Å²) in [5, 5.41) is 18.8. The number of ether oxygens (including phenoxy) is 1. The molecule has 0 fully saturated rings. The fourth-order valence-electron chi connectivity index (χ4n) is 2.34. The van der Waals surface area contributed by atoms with Gasteiger partial charge in [-0.25, -0.2) is 0 Å². The first-order valence-electron chi connectivity index (χ1n) is 7.52. The molecule has 0 radical (unpaired) electrons. The van der Waals surface area contributed by atoms with Crippen LogP contribution < -0.4 is 4.74 Å². The van der Waals surface area contributed by atoms with Crippen molar-refractivity contribution in [3.8, 4) is 26.9 Å². The molecule has 0 saturated heterocycles. The van der Waals surface area contributed by atoms with Crippen LogP contribution in [0.4, 0.5) is 5.69 Å². The fraction of sp³-hybridized carbons (Fsp3) is 0.0588. The lowest BCUT2D eigenvalue weighted by Crippen LogP contribution is -1.98. The maximum absolute atomic E-state index is 11.1. The maximum Gasteiger partial charge on any atom is 0.270 e. The number of non-ortho nitro benzene ring substituents is 1. The molecule has 4 rings (SSSR count). The highest BCUT2D eigenvalue weighted by atomic mass is 32.1. The molecule has 0 spiro atoms. The Balaban J connectivity index is 1.57. The first-order valence-corrected chi connectivity index (χ1v) is 9.28. The molecular formula is C17H11N3O4S2. The summed E-state index contributed by atoms with van der Waals surface area (Å²) < 4.78 is 11.0. The normalized spacial score (nSPS) is 10.8. The van der Waals surface area contributed by atoms with Crippen molar-refractivity contribution in [1.29, 1.82) is 0 Å². The van der Waals surface area contributed by atoms with Crippen molar-refractivity contribution in [3.05, 3.63) is 69.2 Å². The molecule has 130 valence electrons. The number of nitrogens with zero attached hydrogens (tertiary/aromatic N) is 3. The van der Waals surface area contributed by atoms with E-state index in [4.69, 9.17) is 9.26 Å². The molecule has 3 aromatic heterocycles. The molecule has 0 aliphatic heterocycles. The third kappa shape index (κ3) is 3.35. The highest BCUT2D eigenvalue weighted by Gasteiger charge is 2.16. The van der Waals surface area contributed by atoms with E-state index in [2.05, 4.69) is 10.1 Å². The standard InChI is InChI=1S/C17H11N3O4S2/c21-20(22)11-5-6-13(12(9-11)14-3-1-7-25-14)23-10-16-18-17(19-24-16)15-4-2-8-26-15/h1-9H,10H2. The summed E-state index contributed by atoms with van der Waals surface area (Å²) in [6.07, 6.45) is 0. The van der Waals surface area contributed by atoms with Crippen molar-refractivity contribution in [2.24, 2.45) is 0 Å². The van der Waals surface area contributed by atoms with Crippen LogP contribution in [0.2, 0.25) is 0 Å². The minimum Gasteiger partial charge on any atom is -0.483 e. The van der Waals surface area contributed by atoms with Crippen molar-refractivity contribution >= 4 is 28.4 Å². The highest BCUT2D eigenvalue weighted by Crippen LogP contribution is 2.36. The molecule has 9 heteroatoms. The topological polar surface area (TPSA) is 91.3 Å². The summed E-state index contributed by atoms with van der Waals surface area (Å²) in [6.45, 7) is 0.0779. The van der Waals surface area contributed by atoms with Gasteiger partial charge in [0.05, 0.1) is 9.80 Å². The van der Waals surface area contributed by atoms with E-state index in [0.717, 1.165) is 9.75 Å². The fourth-order valence-corrected chi connectivity index (χ4v) is 3.74. The Bertz CT molecular complexity index is 1030. The monoisotopic (exact) mass is 385 g/mol. The number of rotatable bonds is 6. The lowest BCUT2D eigenvalue weighted by molar-refractivity contribution is -0.384. The average Bonchev–Trinajstić information content (AvgIpc) is 3.42. The molecule has 0 saturated carbocycles. The molecule has 0 unspecified atom stereocenters. The number of hydrogen-bond donors (Lipinski definition) is 0. The van der Waals surface area contributed by atoms with E-state index in [1.165, 1.54) is 34.8 Å². The van der Waals surface area contributed by atoms with Crippen LogP contribution in [0.1, 0.15) is 5.89 Å². The number of benzene rings is 1. The predicted molar refractivity (Wildman–Crippen MR) is 98.4 cm³/mol. The van der Waals surface area contributed by atoms with Gasteiger partial charge in [0.1, 0.15) is 5.75 Å². The summed E-state index contributed by atoms with van der Waals surface area (Å²) in [6, 6.07) is 12.1. The highest BCUT2D eigenvalue weighted by molar-refractivity contribution is 7.13. The van der Waals surface area contributed by atoms with E-state index in [-0.39, 0.29) is 12.3 Å². The third-order valence-corrected chi connectivity index (χ3v) is 5.29. The van der Waals surface area contributed by atoms with Crippen LogP contribution in [-0.4, -0.2) is 15.1 Å². The summed E-state index contributed by atoms with van der Waals surface area (Å²) in [7, 11) is 0. The molecule has 0 atom stereocenters. The minimum absolute atomic E-state index is 0.0125. The van der Waals surface area contributed by atoms with Crippen molar-refractivity contribution in [3.63, 3.8) is 0 Å². The van der Waals surface area contributed by atoms with Gasteiger partial charge < -0.3 is 9.26 Å². The molecule has 3 heterocycles. The molecule has 0 aliphatic carbocycles. The Morgan fingerprint density at radius 1 is 1.12 bits per heavy atom. The van der Waals surface area contributed by atoms with Gasteiger partial charge >= 0.3 is 0 Å². The van der Waals surface area contributed by atoms with Crippen molar-refractivity contribution < 1.29 is 14.2 Å². The van der Waals surface area contributed by atoms with Crippen LogP contribution in [-0.2, 0) is 6.61 Å². The minimum atomic E-state index is -0.424. The van der Waals surface area contributed by atoms with E-state index in [1.54, 1.807) is 6.07 Å². The number of nitro groups is 1. The van der Waals surface area contributed by atoms with Gasteiger partial charge in [0, 0.05) is 22.6 Å². The van der Waals surface area contributed by atoms with Crippen molar-refractivity contribution in [2.75, 3.05) is 0 Å². The number of nitro benzene ring substituents is 1. The first-order chi connectivity index (χ1) is 12.7.